The second-order valence-corrected chi connectivity index (χ2v) is 6.63. The molecule has 0 spiro atoms. The summed E-state index contributed by atoms with van der Waals surface area (Å²) in [5, 5.41) is 12.6. The van der Waals surface area contributed by atoms with Crippen molar-refractivity contribution in [1.29, 1.82) is 0 Å². The van der Waals surface area contributed by atoms with Gasteiger partial charge in [0.2, 0.25) is 0 Å². The quantitative estimate of drug-likeness (QED) is 0.534. The first kappa shape index (κ1) is 18.1. The molecule has 21 heavy (non-hydrogen) atoms. The van der Waals surface area contributed by atoms with Gasteiger partial charge in [0.15, 0.2) is 0 Å². The summed E-state index contributed by atoms with van der Waals surface area (Å²) >= 11 is 1.82. The molecule has 3 nitrogen and oxygen atoms in total. The van der Waals surface area contributed by atoms with Crippen molar-refractivity contribution in [3.05, 3.63) is 29.3 Å². The molecule has 1 atom stereocenters. The van der Waals surface area contributed by atoms with Crippen LogP contribution in [0.3, 0.4) is 0 Å². The molecular weight excluding hydrogens is 282 g/mol. The van der Waals surface area contributed by atoms with Gasteiger partial charge >= 0.3 is 5.97 Å². The summed E-state index contributed by atoms with van der Waals surface area (Å²) in [5.41, 5.74) is 1.81. The lowest BCUT2D eigenvalue weighted by atomic mass is 9.91. The molecule has 0 saturated heterocycles. The summed E-state index contributed by atoms with van der Waals surface area (Å²) < 4.78 is 0. The highest BCUT2D eigenvalue weighted by molar-refractivity contribution is 7.99. The molecule has 0 radical (unpaired) electrons. The Kier molecular flexibility index (Phi) is 7.26. The molecule has 0 bridgehead atoms. The zero-order chi connectivity index (χ0) is 15.9. The number of aryl methyl sites for hydroxylation is 2. The van der Waals surface area contributed by atoms with Gasteiger partial charge in [-0.2, -0.15) is 0 Å². The van der Waals surface area contributed by atoms with Crippen LogP contribution in [0.5, 0.6) is 0 Å². The molecule has 0 amide bonds. The van der Waals surface area contributed by atoms with Crippen molar-refractivity contribution in [2.24, 2.45) is 0 Å². The zero-order valence-electron chi connectivity index (χ0n) is 13.5. The van der Waals surface area contributed by atoms with Crippen LogP contribution in [0.1, 0.15) is 44.2 Å². The monoisotopic (exact) mass is 309 g/mol. The van der Waals surface area contributed by atoms with E-state index >= 15 is 0 Å². The first-order chi connectivity index (χ1) is 9.95. The van der Waals surface area contributed by atoms with Crippen LogP contribution < -0.4 is 5.32 Å². The third kappa shape index (κ3) is 5.04. The number of hydrogen-bond acceptors (Lipinski definition) is 3. The van der Waals surface area contributed by atoms with Crippen LogP contribution in [0.4, 0.5) is 0 Å². The van der Waals surface area contributed by atoms with Crippen LogP contribution in [0.2, 0.25) is 0 Å². The zero-order valence-corrected chi connectivity index (χ0v) is 14.3. The Bertz CT molecular complexity index is 476. The lowest BCUT2D eigenvalue weighted by Gasteiger charge is -2.29. The highest BCUT2D eigenvalue weighted by Gasteiger charge is 2.34. The van der Waals surface area contributed by atoms with Crippen molar-refractivity contribution >= 4 is 17.7 Å². The summed E-state index contributed by atoms with van der Waals surface area (Å²) in [4.78, 5) is 12.8. The first-order valence-corrected chi connectivity index (χ1v) is 8.62. The molecule has 4 heteroatoms. The normalized spacial score (nSPS) is 13.9. The van der Waals surface area contributed by atoms with Gasteiger partial charge in [0.25, 0.3) is 0 Å². The molecule has 0 aliphatic heterocycles. The molecule has 0 aliphatic rings. The lowest BCUT2D eigenvalue weighted by Crippen LogP contribution is -2.51. The van der Waals surface area contributed by atoms with Gasteiger partial charge in [-0.05, 0) is 57.0 Å². The van der Waals surface area contributed by atoms with Crippen LogP contribution in [0.25, 0.3) is 0 Å². The van der Waals surface area contributed by atoms with Gasteiger partial charge in [-0.15, -0.1) is 11.8 Å². The summed E-state index contributed by atoms with van der Waals surface area (Å²) in [6, 6.07) is 6.47. The molecule has 118 valence electrons. The number of likely N-dealkylation sites (N-methyl/N-ethyl adjacent to an activating group) is 1. The second-order valence-electron chi connectivity index (χ2n) is 5.49. The average Bonchev–Trinajstić information content (AvgIpc) is 2.43. The molecule has 0 aliphatic carbocycles. The number of aliphatic carboxylic acids is 1. The smallest absolute Gasteiger partial charge is 0.323 e. The van der Waals surface area contributed by atoms with Gasteiger partial charge in [0.1, 0.15) is 5.54 Å². The van der Waals surface area contributed by atoms with Gasteiger partial charge < -0.3 is 10.4 Å². The van der Waals surface area contributed by atoms with Crippen molar-refractivity contribution in [2.75, 3.05) is 12.3 Å². The highest BCUT2D eigenvalue weighted by atomic mass is 32.2. The second kappa shape index (κ2) is 8.44. The van der Waals surface area contributed by atoms with E-state index in [1.165, 1.54) is 16.0 Å². The summed E-state index contributed by atoms with van der Waals surface area (Å²) in [5.74, 6) is 0.216. The molecular formula is C17H27NO2S. The van der Waals surface area contributed by atoms with Crippen LogP contribution >= 0.6 is 11.8 Å². The van der Waals surface area contributed by atoms with Crippen molar-refractivity contribution in [1.82, 2.24) is 5.32 Å². The topological polar surface area (TPSA) is 49.3 Å². The van der Waals surface area contributed by atoms with E-state index in [0.29, 0.717) is 19.4 Å². The largest absolute Gasteiger partial charge is 0.480 e. The third-order valence-electron chi connectivity index (χ3n) is 3.86. The summed E-state index contributed by atoms with van der Waals surface area (Å²) in [6.07, 6.45) is 2.18. The Balaban J connectivity index is 2.53. The maximum absolute atomic E-state index is 11.5. The van der Waals surface area contributed by atoms with E-state index in [1.54, 1.807) is 0 Å². The van der Waals surface area contributed by atoms with E-state index in [4.69, 9.17) is 0 Å². The number of thioether (sulfide) groups is 1. The molecule has 0 saturated carbocycles. The Labute approximate surface area is 132 Å². The standard InChI is InChI=1S/C17H27NO2S/c1-5-17(16(19)20,18-6-2)10-7-11-21-15-9-8-13(3)12-14(15)4/h8-9,12,18H,5-7,10-11H2,1-4H3,(H,19,20). The van der Waals surface area contributed by atoms with E-state index in [2.05, 4.69) is 37.4 Å². The minimum atomic E-state index is -0.766. The molecule has 1 aromatic rings. The maximum atomic E-state index is 11.5. The van der Waals surface area contributed by atoms with E-state index < -0.39 is 11.5 Å². The molecule has 0 heterocycles. The predicted octanol–water partition coefficient (Wildman–Crippen LogP) is 4.02. The van der Waals surface area contributed by atoms with Crippen LogP contribution in [0.15, 0.2) is 23.1 Å². The number of carbonyl (C=O) groups is 1. The maximum Gasteiger partial charge on any atom is 0.323 e. The van der Waals surface area contributed by atoms with Gasteiger partial charge in [-0.3, -0.25) is 4.79 Å². The molecule has 0 fully saturated rings. The van der Waals surface area contributed by atoms with E-state index in [-0.39, 0.29) is 0 Å². The third-order valence-corrected chi connectivity index (χ3v) is 5.13. The number of carboxylic acid groups (broad SMARTS) is 1. The fraction of sp³-hybridized carbons (Fsp3) is 0.588. The Morgan fingerprint density at radius 1 is 1.33 bits per heavy atom. The van der Waals surface area contributed by atoms with Gasteiger partial charge in [-0.1, -0.05) is 31.5 Å². The lowest BCUT2D eigenvalue weighted by molar-refractivity contribution is -0.145. The number of carboxylic acids is 1. The number of benzene rings is 1. The van der Waals surface area contributed by atoms with Crippen molar-refractivity contribution < 1.29 is 9.90 Å². The van der Waals surface area contributed by atoms with Crippen LogP contribution in [-0.2, 0) is 4.79 Å². The number of nitrogens with one attached hydrogen (secondary N) is 1. The fourth-order valence-corrected chi connectivity index (χ4v) is 3.54. The van der Waals surface area contributed by atoms with Crippen molar-refractivity contribution in [3.8, 4) is 0 Å². The van der Waals surface area contributed by atoms with Gasteiger partial charge in [0.05, 0.1) is 0 Å². The van der Waals surface area contributed by atoms with Crippen LogP contribution in [-0.4, -0.2) is 28.9 Å². The number of rotatable bonds is 9. The van der Waals surface area contributed by atoms with Crippen molar-refractivity contribution in [2.45, 2.75) is 57.4 Å². The first-order valence-electron chi connectivity index (χ1n) is 7.63. The van der Waals surface area contributed by atoms with Gasteiger partial charge in [-0.25, -0.2) is 0 Å². The highest BCUT2D eigenvalue weighted by Crippen LogP contribution is 2.26. The summed E-state index contributed by atoms with van der Waals surface area (Å²) in [6.45, 7) is 8.80. The van der Waals surface area contributed by atoms with E-state index in [1.807, 2.05) is 25.6 Å². The van der Waals surface area contributed by atoms with Crippen molar-refractivity contribution in [3.63, 3.8) is 0 Å². The minimum Gasteiger partial charge on any atom is -0.480 e. The molecule has 1 rings (SSSR count). The minimum absolute atomic E-state index is 0.615. The SMILES string of the molecule is CCNC(CC)(CCCSc1ccc(C)cc1C)C(=O)O. The predicted molar refractivity (Wildman–Crippen MR) is 90.2 cm³/mol. The van der Waals surface area contributed by atoms with Crippen LogP contribution in [0, 0.1) is 13.8 Å². The molecule has 0 aromatic heterocycles. The molecule has 2 N–H and O–H groups in total. The molecule has 1 unspecified atom stereocenters. The Hall–Kier alpha value is -1.00. The molecule has 1 aromatic carbocycles. The number of hydrogen-bond donors (Lipinski definition) is 2. The average molecular weight is 309 g/mol. The summed E-state index contributed by atoms with van der Waals surface area (Å²) in [7, 11) is 0. The van der Waals surface area contributed by atoms with Gasteiger partial charge in [0, 0.05) is 4.90 Å². The Morgan fingerprint density at radius 2 is 2.05 bits per heavy atom. The fourth-order valence-electron chi connectivity index (χ4n) is 2.58. The Morgan fingerprint density at radius 3 is 2.57 bits per heavy atom. The van der Waals surface area contributed by atoms with E-state index in [9.17, 15) is 9.90 Å². The van der Waals surface area contributed by atoms with E-state index in [0.717, 1.165) is 12.2 Å².